The summed E-state index contributed by atoms with van der Waals surface area (Å²) >= 11 is 0. The summed E-state index contributed by atoms with van der Waals surface area (Å²) in [5.74, 6) is 0.439. The molecule has 1 N–H and O–H groups in total. The summed E-state index contributed by atoms with van der Waals surface area (Å²) in [5.41, 5.74) is 2.88. The van der Waals surface area contributed by atoms with Crippen molar-refractivity contribution in [1.82, 2.24) is 29.8 Å². The number of fused-ring (bicyclic) bond motifs is 1. The molecule has 8 heteroatoms. The molecule has 0 saturated carbocycles. The van der Waals surface area contributed by atoms with Gasteiger partial charge in [-0.05, 0) is 37.6 Å². The Morgan fingerprint density at radius 2 is 2.12 bits per heavy atom. The van der Waals surface area contributed by atoms with Crippen molar-refractivity contribution in [2.45, 2.75) is 19.9 Å². The smallest absolute Gasteiger partial charge is 0.272 e. The maximum Gasteiger partial charge on any atom is 0.272 e. The number of hydrogen-bond donors (Lipinski definition) is 1. The Morgan fingerprint density at radius 3 is 2.92 bits per heavy atom. The second-order valence-electron chi connectivity index (χ2n) is 5.99. The average Bonchev–Trinajstić information content (AvgIpc) is 3.29. The molecule has 0 radical (unpaired) electrons. The van der Waals surface area contributed by atoms with Gasteiger partial charge in [-0.25, -0.2) is 4.98 Å². The molecule has 0 aliphatic carbocycles. The van der Waals surface area contributed by atoms with E-state index in [-0.39, 0.29) is 5.91 Å². The van der Waals surface area contributed by atoms with Crippen molar-refractivity contribution >= 4 is 11.6 Å². The molecule has 1 atom stereocenters. The van der Waals surface area contributed by atoms with E-state index in [1.807, 2.05) is 35.7 Å². The minimum atomic E-state index is -0.452. The first-order valence-corrected chi connectivity index (χ1v) is 8.10. The first-order chi connectivity index (χ1) is 12.6. The SMILES string of the molecule is Cc1ccc2nc(C(=O)NC(C)c3nc(-c4cccnc4)no3)cn2c1. The van der Waals surface area contributed by atoms with Gasteiger partial charge >= 0.3 is 0 Å². The zero-order chi connectivity index (χ0) is 18.1. The van der Waals surface area contributed by atoms with Gasteiger partial charge in [-0.3, -0.25) is 9.78 Å². The van der Waals surface area contributed by atoms with E-state index in [0.29, 0.717) is 23.1 Å². The second-order valence-corrected chi connectivity index (χ2v) is 5.99. The van der Waals surface area contributed by atoms with Gasteiger partial charge < -0.3 is 14.2 Å². The predicted octanol–water partition coefficient (Wildman–Crippen LogP) is 2.58. The van der Waals surface area contributed by atoms with E-state index in [1.165, 1.54) is 0 Å². The Balaban J connectivity index is 1.51. The number of carbonyl (C=O) groups excluding carboxylic acids is 1. The highest BCUT2D eigenvalue weighted by Crippen LogP contribution is 2.18. The fourth-order valence-electron chi connectivity index (χ4n) is 2.57. The lowest BCUT2D eigenvalue weighted by atomic mass is 10.2. The molecule has 130 valence electrons. The Kier molecular flexibility index (Phi) is 3.92. The highest BCUT2D eigenvalue weighted by Gasteiger charge is 2.19. The average molecular weight is 348 g/mol. The standard InChI is InChI=1S/C18H16N6O2/c1-11-5-6-15-21-14(10-24(15)9-11)17(25)20-12(2)18-22-16(23-26-18)13-4-3-7-19-8-13/h3-10,12H,1-2H3,(H,20,25). The minimum Gasteiger partial charge on any atom is -0.339 e. The summed E-state index contributed by atoms with van der Waals surface area (Å²) < 4.78 is 7.08. The monoisotopic (exact) mass is 348 g/mol. The fourth-order valence-corrected chi connectivity index (χ4v) is 2.57. The van der Waals surface area contributed by atoms with Crippen LogP contribution in [0.25, 0.3) is 17.0 Å². The number of rotatable bonds is 4. The van der Waals surface area contributed by atoms with Crippen molar-refractivity contribution in [3.8, 4) is 11.4 Å². The van der Waals surface area contributed by atoms with Crippen molar-refractivity contribution < 1.29 is 9.32 Å². The third-order valence-electron chi connectivity index (χ3n) is 3.91. The maximum absolute atomic E-state index is 12.5. The molecular formula is C18H16N6O2. The van der Waals surface area contributed by atoms with Crippen molar-refractivity contribution in [3.63, 3.8) is 0 Å². The number of nitrogens with one attached hydrogen (secondary N) is 1. The van der Waals surface area contributed by atoms with Crippen molar-refractivity contribution in [3.05, 3.63) is 66.2 Å². The lowest BCUT2D eigenvalue weighted by Gasteiger charge is -2.07. The van der Waals surface area contributed by atoms with E-state index >= 15 is 0 Å². The molecule has 4 aromatic rings. The van der Waals surface area contributed by atoms with Crippen LogP contribution in [0.15, 0.2) is 53.6 Å². The molecule has 8 nitrogen and oxygen atoms in total. The number of aromatic nitrogens is 5. The van der Waals surface area contributed by atoms with Crippen LogP contribution in [0.1, 0.15) is 34.9 Å². The van der Waals surface area contributed by atoms with Crippen LogP contribution in [0.5, 0.6) is 0 Å². The van der Waals surface area contributed by atoms with Crippen LogP contribution >= 0.6 is 0 Å². The molecule has 0 aliphatic rings. The Morgan fingerprint density at radius 1 is 1.23 bits per heavy atom. The minimum absolute atomic E-state index is 0.306. The summed E-state index contributed by atoms with van der Waals surface area (Å²) in [6, 6.07) is 7.00. The summed E-state index contributed by atoms with van der Waals surface area (Å²) in [6.07, 6.45) is 6.93. The molecule has 0 bridgehead atoms. The number of pyridine rings is 2. The zero-order valence-corrected chi connectivity index (χ0v) is 14.2. The van der Waals surface area contributed by atoms with E-state index in [9.17, 15) is 4.79 Å². The molecule has 1 amide bonds. The lowest BCUT2D eigenvalue weighted by Crippen LogP contribution is -2.27. The van der Waals surface area contributed by atoms with Gasteiger partial charge in [0.2, 0.25) is 11.7 Å². The normalized spacial score (nSPS) is 12.2. The second kappa shape index (κ2) is 6.40. The number of carbonyl (C=O) groups is 1. The molecule has 4 rings (SSSR count). The van der Waals surface area contributed by atoms with Crippen LogP contribution in [0.2, 0.25) is 0 Å². The molecule has 4 heterocycles. The summed E-state index contributed by atoms with van der Waals surface area (Å²) in [4.78, 5) is 25.2. The highest BCUT2D eigenvalue weighted by molar-refractivity contribution is 5.93. The maximum atomic E-state index is 12.5. The molecule has 4 aromatic heterocycles. The number of aryl methyl sites for hydroxylation is 1. The zero-order valence-electron chi connectivity index (χ0n) is 14.2. The molecule has 1 unspecified atom stereocenters. The van der Waals surface area contributed by atoms with Gasteiger partial charge in [0, 0.05) is 30.4 Å². The fraction of sp³-hybridized carbons (Fsp3) is 0.167. The molecule has 0 spiro atoms. The van der Waals surface area contributed by atoms with Crippen molar-refractivity contribution in [1.29, 1.82) is 0 Å². The van der Waals surface area contributed by atoms with Crippen LogP contribution in [0, 0.1) is 6.92 Å². The van der Waals surface area contributed by atoms with Crippen LogP contribution < -0.4 is 5.32 Å². The van der Waals surface area contributed by atoms with E-state index in [1.54, 1.807) is 31.6 Å². The van der Waals surface area contributed by atoms with Gasteiger partial charge in [-0.2, -0.15) is 4.98 Å². The topological polar surface area (TPSA) is 98.2 Å². The van der Waals surface area contributed by atoms with Crippen LogP contribution in [0.3, 0.4) is 0 Å². The summed E-state index contributed by atoms with van der Waals surface area (Å²) in [5, 5.41) is 6.76. The van der Waals surface area contributed by atoms with Crippen LogP contribution in [0.4, 0.5) is 0 Å². The van der Waals surface area contributed by atoms with E-state index in [4.69, 9.17) is 4.52 Å². The largest absolute Gasteiger partial charge is 0.339 e. The Labute approximate surface area is 148 Å². The van der Waals surface area contributed by atoms with Gasteiger partial charge in [-0.1, -0.05) is 11.2 Å². The predicted molar refractivity (Wildman–Crippen MR) is 93.3 cm³/mol. The lowest BCUT2D eigenvalue weighted by molar-refractivity contribution is 0.0928. The first kappa shape index (κ1) is 15.9. The molecule has 0 saturated heterocycles. The molecule has 0 aliphatic heterocycles. The van der Waals surface area contributed by atoms with Gasteiger partial charge in [0.1, 0.15) is 17.4 Å². The molecule has 0 fully saturated rings. The molecular weight excluding hydrogens is 332 g/mol. The Bertz CT molecular complexity index is 1070. The van der Waals surface area contributed by atoms with Gasteiger partial charge in [0.15, 0.2) is 0 Å². The van der Waals surface area contributed by atoms with Gasteiger partial charge in [0.05, 0.1) is 0 Å². The van der Waals surface area contributed by atoms with Crippen LogP contribution in [-0.4, -0.2) is 30.4 Å². The first-order valence-electron chi connectivity index (χ1n) is 8.10. The number of nitrogens with zero attached hydrogens (tertiary/aromatic N) is 5. The number of hydrogen-bond acceptors (Lipinski definition) is 6. The number of amides is 1. The molecule has 0 aromatic carbocycles. The summed E-state index contributed by atoms with van der Waals surface area (Å²) in [7, 11) is 0. The van der Waals surface area contributed by atoms with Gasteiger partial charge in [-0.15, -0.1) is 0 Å². The van der Waals surface area contributed by atoms with E-state index in [2.05, 4.69) is 25.4 Å². The quantitative estimate of drug-likeness (QED) is 0.609. The van der Waals surface area contributed by atoms with Crippen molar-refractivity contribution in [2.24, 2.45) is 0 Å². The number of imidazole rings is 1. The van der Waals surface area contributed by atoms with E-state index in [0.717, 1.165) is 11.1 Å². The highest BCUT2D eigenvalue weighted by atomic mass is 16.5. The molecule has 26 heavy (non-hydrogen) atoms. The van der Waals surface area contributed by atoms with Gasteiger partial charge in [0.25, 0.3) is 5.91 Å². The third kappa shape index (κ3) is 3.04. The van der Waals surface area contributed by atoms with Crippen LogP contribution in [-0.2, 0) is 0 Å². The summed E-state index contributed by atoms with van der Waals surface area (Å²) in [6.45, 7) is 3.76. The Hall–Kier alpha value is -3.55. The van der Waals surface area contributed by atoms with E-state index < -0.39 is 6.04 Å². The third-order valence-corrected chi connectivity index (χ3v) is 3.91. The van der Waals surface area contributed by atoms with Crippen molar-refractivity contribution in [2.75, 3.05) is 0 Å².